The van der Waals surface area contributed by atoms with E-state index in [2.05, 4.69) is 59.6 Å². The number of thioether (sulfide) groups is 1. The maximum absolute atomic E-state index is 5.37. The van der Waals surface area contributed by atoms with Crippen molar-refractivity contribution in [3.63, 3.8) is 0 Å². The molecule has 29 heavy (non-hydrogen) atoms. The molecule has 0 saturated heterocycles. The van der Waals surface area contributed by atoms with Crippen molar-refractivity contribution in [3.05, 3.63) is 48.0 Å². The van der Waals surface area contributed by atoms with E-state index in [9.17, 15) is 0 Å². The van der Waals surface area contributed by atoms with Gasteiger partial charge in [-0.15, -0.1) is 0 Å². The monoisotopic (exact) mass is 414 g/mol. The molecule has 1 heterocycles. The molecule has 1 aliphatic carbocycles. The van der Waals surface area contributed by atoms with Gasteiger partial charge in [0.1, 0.15) is 19.8 Å². The second-order valence-electron chi connectivity index (χ2n) is 8.51. The van der Waals surface area contributed by atoms with Crippen LogP contribution in [0.15, 0.2) is 42.1 Å². The molecule has 1 aliphatic rings. The fraction of sp³-hybridized carbons (Fsp3) is 0.609. The summed E-state index contributed by atoms with van der Waals surface area (Å²) in [7, 11) is 1.67. The van der Waals surface area contributed by atoms with Gasteiger partial charge < -0.3 is 4.84 Å². The lowest BCUT2D eigenvalue weighted by Gasteiger charge is -2.44. The van der Waals surface area contributed by atoms with Gasteiger partial charge >= 0.3 is 0 Å². The van der Waals surface area contributed by atoms with Crippen LogP contribution in [0.2, 0.25) is 0 Å². The van der Waals surface area contributed by atoms with Gasteiger partial charge in [0.05, 0.1) is 12.3 Å². The molecule has 1 saturated carbocycles. The minimum Gasteiger partial charge on any atom is -0.399 e. The average molecular weight is 415 g/mol. The third-order valence-electron chi connectivity index (χ3n) is 6.43. The van der Waals surface area contributed by atoms with Crippen LogP contribution in [0.5, 0.6) is 0 Å². The Labute approximate surface area is 179 Å². The molecule has 0 bridgehead atoms. The predicted octanol–water partition coefficient (Wildman–Crippen LogP) is 5.01. The van der Waals surface area contributed by atoms with Crippen molar-refractivity contribution >= 4 is 17.5 Å². The third-order valence-corrected chi connectivity index (χ3v) is 7.04. The number of nitrogens with zero attached hydrogens (tertiary/aromatic N) is 4. The topological polar surface area (TPSA) is 52.3 Å². The van der Waals surface area contributed by atoms with Gasteiger partial charge in [0.15, 0.2) is 0 Å². The highest BCUT2D eigenvalue weighted by Crippen LogP contribution is 2.45. The van der Waals surface area contributed by atoms with Crippen molar-refractivity contribution in [2.45, 2.75) is 52.5 Å². The highest BCUT2D eigenvalue weighted by atomic mass is 32.2. The smallest absolute Gasteiger partial charge is 0.137 e. The van der Waals surface area contributed by atoms with Crippen molar-refractivity contribution in [2.75, 3.05) is 19.1 Å². The summed E-state index contributed by atoms with van der Waals surface area (Å²) in [4.78, 5) is 9.52. The highest BCUT2D eigenvalue weighted by molar-refractivity contribution is 7.98. The van der Waals surface area contributed by atoms with Crippen molar-refractivity contribution in [1.29, 1.82) is 0 Å². The third kappa shape index (κ3) is 5.62. The summed E-state index contributed by atoms with van der Waals surface area (Å²) >= 11 is 1.91. The Morgan fingerprint density at radius 1 is 1.31 bits per heavy atom. The molecule has 0 unspecified atom stereocenters. The quantitative estimate of drug-likeness (QED) is 0.541. The van der Waals surface area contributed by atoms with E-state index in [1.54, 1.807) is 13.4 Å². The Kier molecular flexibility index (Phi) is 7.76. The molecular weight excluding hydrogens is 380 g/mol. The second kappa shape index (κ2) is 10.3. The Bertz CT molecular complexity index is 775. The largest absolute Gasteiger partial charge is 0.399 e. The number of benzene rings is 1. The number of hydrogen-bond acceptors (Lipinski definition) is 5. The first-order chi connectivity index (χ1) is 14.1. The molecule has 2 aromatic rings. The molecule has 3 rings (SSSR count). The van der Waals surface area contributed by atoms with Crippen molar-refractivity contribution in [1.82, 2.24) is 14.8 Å². The maximum Gasteiger partial charge on any atom is 0.137 e. The van der Waals surface area contributed by atoms with Gasteiger partial charge in [0.2, 0.25) is 0 Å². The van der Waals surface area contributed by atoms with E-state index in [-0.39, 0.29) is 5.41 Å². The summed E-state index contributed by atoms with van der Waals surface area (Å²) in [5, 5.41) is 9.00. The highest BCUT2D eigenvalue weighted by Gasteiger charge is 2.44. The van der Waals surface area contributed by atoms with E-state index in [1.807, 2.05) is 22.8 Å². The summed E-state index contributed by atoms with van der Waals surface area (Å²) in [5.74, 6) is 2.03. The minimum atomic E-state index is 0.0879. The van der Waals surface area contributed by atoms with Crippen LogP contribution in [0.4, 0.5) is 0 Å². The molecule has 0 radical (unpaired) electrons. The van der Waals surface area contributed by atoms with Crippen molar-refractivity contribution < 1.29 is 4.84 Å². The van der Waals surface area contributed by atoms with Crippen LogP contribution in [-0.2, 0) is 17.8 Å². The van der Waals surface area contributed by atoms with E-state index in [0.717, 1.165) is 31.6 Å². The summed E-state index contributed by atoms with van der Waals surface area (Å²) in [5.41, 5.74) is 4.03. The molecule has 1 fully saturated rings. The number of aromatic nitrogens is 3. The number of rotatable bonds is 9. The van der Waals surface area contributed by atoms with E-state index in [1.165, 1.54) is 29.7 Å². The summed E-state index contributed by atoms with van der Waals surface area (Å²) in [6, 6.07) is 8.94. The molecule has 3 atom stereocenters. The lowest BCUT2D eigenvalue weighted by Crippen LogP contribution is -2.45. The van der Waals surface area contributed by atoms with Crippen LogP contribution in [0.3, 0.4) is 0 Å². The van der Waals surface area contributed by atoms with Gasteiger partial charge in [-0.05, 0) is 62.5 Å². The van der Waals surface area contributed by atoms with Crippen LogP contribution in [0, 0.1) is 24.2 Å². The van der Waals surface area contributed by atoms with Crippen LogP contribution in [0.1, 0.15) is 43.7 Å². The number of hydrogen-bond donors (Lipinski definition) is 0. The summed E-state index contributed by atoms with van der Waals surface area (Å²) < 4.78 is 1.95. The summed E-state index contributed by atoms with van der Waals surface area (Å²) in [6.45, 7) is 5.32. The SMILES string of the molecule is CON=C1[C@@H](Cn2cncn2)[C@H](CCc2ccc(C)cc2)CC[C@@]1(C)CCSC. The van der Waals surface area contributed by atoms with Crippen LogP contribution >= 0.6 is 11.8 Å². The maximum atomic E-state index is 5.37. The molecule has 158 valence electrons. The summed E-state index contributed by atoms with van der Waals surface area (Å²) in [6.07, 6.45) is 11.4. The van der Waals surface area contributed by atoms with Crippen molar-refractivity contribution in [3.8, 4) is 0 Å². The van der Waals surface area contributed by atoms with Crippen LogP contribution in [-0.4, -0.2) is 39.6 Å². The standard InChI is InChI=1S/C23H34N4OS/c1-18-5-7-19(8-6-18)9-10-20-11-12-23(2,13-14-29-4)22(26-28-3)21(20)15-27-17-24-16-25-27/h5-8,16-17,20-21H,9-15H2,1-4H3/t20-,21+,23+/m1/s1. The van der Waals surface area contributed by atoms with Gasteiger partial charge in [0, 0.05) is 11.3 Å². The van der Waals surface area contributed by atoms with Gasteiger partial charge in [-0.25, -0.2) is 4.98 Å². The van der Waals surface area contributed by atoms with Gasteiger partial charge in [-0.3, -0.25) is 4.68 Å². The Morgan fingerprint density at radius 2 is 2.10 bits per heavy atom. The molecule has 0 spiro atoms. The van der Waals surface area contributed by atoms with E-state index in [4.69, 9.17) is 4.84 Å². The molecule has 1 aromatic carbocycles. The fourth-order valence-electron chi connectivity index (χ4n) is 4.58. The lowest BCUT2D eigenvalue weighted by atomic mass is 9.62. The zero-order valence-corrected chi connectivity index (χ0v) is 19.0. The first-order valence-electron chi connectivity index (χ1n) is 10.5. The fourth-order valence-corrected chi connectivity index (χ4v) is 5.23. The first-order valence-corrected chi connectivity index (χ1v) is 11.9. The Morgan fingerprint density at radius 3 is 2.76 bits per heavy atom. The number of oxime groups is 1. The van der Waals surface area contributed by atoms with Crippen LogP contribution < -0.4 is 0 Å². The van der Waals surface area contributed by atoms with E-state index < -0.39 is 0 Å². The molecular formula is C23H34N4OS. The first kappa shape index (κ1) is 21.9. The molecule has 6 heteroatoms. The lowest BCUT2D eigenvalue weighted by molar-refractivity contribution is 0.172. The minimum absolute atomic E-state index is 0.0879. The molecule has 0 amide bonds. The van der Waals surface area contributed by atoms with Gasteiger partial charge in [-0.2, -0.15) is 16.9 Å². The number of aryl methyl sites for hydroxylation is 2. The zero-order chi connectivity index (χ0) is 20.7. The Hall–Kier alpha value is -1.82. The van der Waals surface area contributed by atoms with E-state index in [0.29, 0.717) is 11.8 Å². The average Bonchev–Trinajstić information content (AvgIpc) is 3.23. The Balaban J connectivity index is 1.82. The molecule has 0 aliphatic heterocycles. The normalized spacial score (nSPS) is 26.0. The zero-order valence-electron chi connectivity index (χ0n) is 18.2. The van der Waals surface area contributed by atoms with Gasteiger partial charge in [0.25, 0.3) is 0 Å². The molecule has 0 N–H and O–H groups in total. The van der Waals surface area contributed by atoms with Gasteiger partial charge in [-0.1, -0.05) is 41.9 Å². The predicted molar refractivity (Wildman–Crippen MR) is 121 cm³/mol. The van der Waals surface area contributed by atoms with Crippen LogP contribution in [0.25, 0.3) is 0 Å². The van der Waals surface area contributed by atoms with E-state index >= 15 is 0 Å². The van der Waals surface area contributed by atoms with Crippen molar-refractivity contribution in [2.24, 2.45) is 22.4 Å². The second-order valence-corrected chi connectivity index (χ2v) is 9.50. The molecule has 5 nitrogen and oxygen atoms in total. The molecule has 1 aromatic heterocycles.